The summed E-state index contributed by atoms with van der Waals surface area (Å²) in [5, 5.41) is 12.6. The number of methoxy groups -OCH3 is 2. The number of thioether (sulfide) groups is 1. The fourth-order valence-corrected chi connectivity index (χ4v) is 7.60. The van der Waals surface area contributed by atoms with Crippen LogP contribution in [0.3, 0.4) is 0 Å². The van der Waals surface area contributed by atoms with Crippen LogP contribution in [-0.4, -0.2) is 59.3 Å². The number of carbonyl (C=O) groups is 2. The first-order valence-electron chi connectivity index (χ1n) is 13.3. The number of nitrogens with one attached hydrogen (secondary N) is 1. The van der Waals surface area contributed by atoms with Crippen LogP contribution in [0.25, 0.3) is 0 Å². The van der Waals surface area contributed by atoms with E-state index < -0.39 is 11.5 Å². The van der Waals surface area contributed by atoms with E-state index in [4.69, 9.17) is 14.6 Å². The number of carboxylic acid groups (broad SMARTS) is 1. The SMILES string of the molecule is COc1ccc(C(c2ccccc2)(c2ccc(OC)cc2)N2C(=O)N[C@@H]3[C@@H](CCCCC(=O)O)SC[C@@H]32)cc1. The molecule has 0 bridgehead atoms. The number of unbranched alkanes of at least 4 members (excludes halogenated alkanes) is 1. The Morgan fingerprint density at radius 1 is 0.923 bits per heavy atom. The normalized spacial score (nSPS) is 20.4. The number of hydrogen-bond donors (Lipinski definition) is 2. The lowest BCUT2D eigenvalue weighted by Crippen LogP contribution is -2.53. The summed E-state index contributed by atoms with van der Waals surface area (Å²) in [6.45, 7) is 0. The van der Waals surface area contributed by atoms with E-state index in [1.807, 2.05) is 83.4 Å². The largest absolute Gasteiger partial charge is 0.497 e. The van der Waals surface area contributed by atoms with Crippen molar-refractivity contribution in [3.8, 4) is 11.5 Å². The van der Waals surface area contributed by atoms with Crippen molar-refractivity contribution in [2.75, 3.05) is 20.0 Å². The van der Waals surface area contributed by atoms with Crippen LogP contribution in [0.2, 0.25) is 0 Å². The first-order chi connectivity index (χ1) is 19.0. The van der Waals surface area contributed by atoms with Crippen LogP contribution < -0.4 is 14.8 Å². The lowest BCUT2D eigenvalue weighted by molar-refractivity contribution is -0.137. The van der Waals surface area contributed by atoms with Gasteiger partial charge in [0.25, 0.3) is 0 Å². The van der Waals surface area contributed by atoms with Gasteiger partial charge in [0.1, 0.15) is 17.0 Å². The second-order valence-electron chi connectivity index (χ2n) is 9.96. The highest BCUT2D eigenvalue weighted by Crippen LogP contribution is 2.49. The third kappa shape index (κ3) is 5.05. The molecule has 2 saturated heterocycles. The highest BCUT2D eigenvalue weighted by Gasteiger charge is 2.57. The van der Waals surface area contributed by atoms with Crippen molar-refractivity contribution in [2.24, 2.45) is 0 Å². The predicted octanol–water partition coefficient (Wildman–Crippen LogP) is 5.52. The molecular weight excluding hydrogens is 512 g/mol. The lowest BCUT2D eigenvalue weighted by Gasteiger charge is -2.45. The van der Waals surface area contributed by atoms with Crippen LogP contribution in [0.1, 0.15) is 42.4 Å². The standard InChI is InChI=1S/C31H34N2O5S/c1-37-24-16-12-22(13-17-24)31(21-8-4-3-5-9-21,23-14-18-25(38-2)19-15-23)33-26-20-39-27(29(26)32-30(33)36)10-6-7-11-28(34)35/h3-5,8-9,12-19,26-27,29H,6-7,10-11,20H2,1-2H3,(H,32,36)(H,34,35)/t26-,27+,29-/m0/s1. The minimum atomic E-state index is -0.901. The Hall–Kier alpha value is -3.65. The summed E-state index contributed by atoms with van der Waals surface area (Å²) >= 11 is 1.87. The molecule has 0 unspecified atom stereocenters. The number of urea groups is 1. The zero-order chi connectivity index (χ0) is 27.4. The summed E-state index contributed by atoms with van der Waals surface area (Å²) in [7, 11) is 3.29. The molecule has 0 radical (unpaired) electrons. The monoisotopic (exact) mass is 546 g/mol. The summed E-state index contributed by atoms with van der Waals surface area (Å²) in [6, 6.07) is 26.0. The number of carbonyl (C=O) groups excluding carboxylic acids is 1. The van der Waals surface area contributed by atoms with Gasteiger partial charge in [0.05, 0.1) is 26.3 Å². The fraction of sp³-hybridized carbons (Fsp3) is 0.355. The van der Waals surface area contributed by atoms with Crippen molar-refractivity contribution in [3.63, 3.8) is 0 Å². The molecule has 8 heteroatoms. The number of rotatable bonds is 11. The summed E-state index contributed by atoms with van der Waals surface area (Å²) < 4.78 is 10.9. The summed E-state index contributed by atoms with van der Waals surface area (Å²) in [6.07, 6.45) is 2.52. The summed E-state index contributed by atoms with van der Waals surface area (Å²) in [5.41, 5.74) is 2.02. The number of fused-ring (bicyclic) bond motifs is 1. The van der Waals surface area contributed by atoms with E-state index in [1.54, 1.807) is 14.2 Å². The summed E-state index contributed by atoms with van der Waals surface area (Å²) in [4.78, 5) is 27.1. The minimum absolute atomic E-state index is 0.0214. The molecule has 5 rings (SSSR count). The zero-order valence-electron chi connectivity index (χ0n) is 22.2. The molecule has 2 aliphatic rings. The molecule has 204 valence electrons. The lowest BCUT2D eigenvalue weighted by atomic mass is 9.74. The van der Waals surface area contributed by atoms with E-state index >= 15 is 0 Å². The molecule has 3 aromatic rings. The summed E-state index contributed by atoms with van der Waals surface area (Å²) in [5.74, 6) is 1.53. The van der Waals surface area contributed by atoms with Gasteiger partial charge in [-0.2, -0.15) is 11.8 Å². The molecule has 2 amide bonds. The highest BCUT2D eigenvalue weighted by atomic mass is 32.2. The van der Waals surface area contributed by atoms with Crippen LogP contribution in [0, 0.1) is 0 Å². The molecule has 2 heterocycles. The van der Waals surface area contributed by atoms with E-state index in [1.165, 1.54) is 0 Å². The van der Waals surface area contributed by atoms with Gasteiger partial charge < -0.3 is 24.8 Å². The van der Waals surface area contributed by atoms with Gasteiger partial charge in [0, 0.05) is 17.4 Å². The van der Waals surface area contributed by atoms with Crippen LogP contribution in [0.4, 0.5) is 4.79 Å². The number of carboxylic acids is 1. The maximum Gasteiger partial charge on any atom is 0.319 e. The molecule has 2 aliphatic heterocycles. The third-order valence-electron chi connectivity index (χ3n) is 7.83. The average molecular weight is 547 g/mol. The first kappa shape index (κ1) is 26.9. The van der Waals surface area contributed by atoms with Crippen LogP contribution in [-0.2, 0) is 10.3 Å². The van der Waals surface area contributed by atoms with E-state index in [0.717, 1.165) is 46.8 Å². The quantitative estimate of drug-likeness (QED) is 0.187. The molecule has 0 aliphatic carbocycles. The molecule has 2 fully saturated rings. The van der Waals surface area contributed by atoms with Crippen LogP contribution >= 0.6 is 11.8 Å². The molecule has 0 aromatic heterocycles. The molecule has 39 heavy (non-hydrogen) atoms. The molecule has 0 spiro atoms. The Morgan fingerprint density at radius 3 is 2.03 bits per heavy atom. The maximum atomic E-state index is 14.0. The third-order valence-corrected chi connectivity index (χ3v) is 9.33. The Balaban J connectivity index is 1.62. The smallest absolute Gasteiger partial charge is 0.319 e. The van der Waals surface area contributed by atoms with Crippen molar-refractivity contribution in [3.05, 3.63) is 95.6 Å². The molecule has 2 N–H and O–H groups in total. The van der Waals surface area contributed by atoms with Gasteiger partial charge in [-0.15, -0.1) is 0 Å². The topological polar surface area (TPSA) is 88.1 Å². The van der Waals surface area contributed by atoms with Gasteiger partial charge in [0.15, 0.2) is 0 Å². The molecule has 3 atom stereocenters. The van der Waals surface area contributed by atoms with E-state index in [2.05, 4.69) is 17.4 Å². The van der Waals surface area contributed by atoms with Gasteiger partial charge in [-0.25, -0.2) is 4.79 Å². The molecule has 0 saturated carbocycles. The van der Waals surface area contributed by atoms with Crippen molar-refractivity contribution in [1.29, 1.82) is 0 Å². The van der Waals surface area contributed by atoms with Gasteiger partial charge >= 0.3 is 12.0 Å². The van der Waals surface area contributed by atoms with E-state index in [0.29, 0.717) is 6.42 Å². The average Bonchev–Trinajstić information content (AvgIpc) is 3.51. The van der Waals surface area contributed by atoms with Crippen molar-refractivity contribution in [2.45, 2.75) is 48.6 Å². The Morgan fingerprint density at radius 2 is 1.49 bits per heavy atom. The first-order valence-corrected chi connectivity index (χ1v) is 14.3. The number of nitrogens with zero attached hydrogens (tertiary/aromatic N) is 1. The molecular formula is C31H34N2O5S. The second kappa shape index (κ2) is 11.6. The van der Waals surface area contributed by atoms with E-state index in [-0.39, 0.29) is 29.8 Å². The molecule has 3 aromatic carbocycles. The Bertz CT molecular complexity index is 1240. The second-order valence-corrected chi connectivity index (χ2v) is 11.2. The van der Waals surface area contributed by atoms with Crippen molar-refractivity contribution >= 4 is 23.8 Å². The van der Waals surface area contributed by atoms with Gasteiger partial charge in [-0.05, 0) is 53.8 Å². The van der Waals surface area contributed by atoms with Crippen molar-refractivity contribution < 1.29 is 24.2 Å². The van der Waals surface area contributed by atoms with E-state index in [9.17, 15) is 9.59 Å². The predicted molar refractivity (Wildman–Crippen MR) is 153 cm³/mol. The number of ether oxygens (including phenoxy) is 2. The van der Waals surface area contributed by atoms with Crippen LogP contribution in [0.5, 0.6) is 11.5 Å². The number of hydrogen-bond acceptors (Lipinski definition) is 5. The Kier molecular flexibility index (Phi) is 8.02. The van der Waals surface area contributed by atoms with Gasteiger partial charge in [-0.1, -0.05) is 61.0 Å². The maximum absolute atomic E-state index is 14.0. The Labute approximate surface area is 233 Å². The van der Waals surface area contributed by atoms with Gasteiger partial charge in [0.2, 0.25) is 0 Å². The zero-order valence-corrected chi connectivity index (χ0v) is 23.0. The molecule has 7 nitrogen and oxygen atoms in total. The van der Waals surface area contributed by atoms with Crippen LogP contribution in [0.15, 0.2) is 78.9 Å². The number of aliphatic carboxylic acids is 1. The minimum Gasteiger partial charge on any atom is -0.497 e. The highest BCUT2D eigenvalue weighted by molar-refractivity contribution is 8.00. The van der Waals surface area contributed by atoms with Crippen molar-refractivity contribution in [1.82, 2.24) is 10.2 Å². The number of benzene rings is 3. The fourth-order valence-electron chi connectivity index (χ4n) is 6.01. The number of amides is 2. The van der Waals surface area contributed by atoms with Gasteiger partial charge in [-0.3, -0.25) is 4.79 Å².